The second kappa shape index (κ2) is 8.09. The van der Waals surface area contributed by atoms with Crippen LogP contribution in [0.4, 0.5) is 0 Å². The van der Waals surface area contributed by atoms with Crippen LogP contribution in [0.3, 0.4) is 0 Å². The number of hydrogen-bond acceptors (Lipinski definition) is 1. The van der Waals surface area contributed by atoms with Gasteiger partial charge in [0.2, 0.25) is 0 Å². The van der Waals surface area contributed by atoms with Crippen LogP contribution < -0.4 is 5.32 Å². The summed E-state index contributed by atoms with van der Waals surface area (Å²) >= 11 is 3.90. The third-order valence-corrected chi connectivity index (χ3v) is 5.00. The minimum atomic E-state index is 0.207. The average Bonchev–Trinajstić information content (AvgIpc) is 2.64. The van der Waals surface area contributed by atoms with Gasteiger partial charge in [0.1, 0.15) is 0 Å². The van der Waals surface area contributed by atoms with Crippen molar-refractivity contribution in [3.63, 3.8) is 0 Å². The molecule has 23 heavy (non-hydrogen) atoms. The molecule has 0 bridgehead atoms. The Bertz CT molecular complexity index is 698. The molecule has 3 aromatic rings. The van der Waals surface area contributed by atoms with E-state index in [9.17, 15) is 0 Å². The third kappa shape index (κ3) is 4.31. The fourth-order valence-electron chi connectivity index (χ4n) is 2.70. The quantitative estimate of drug-likeness (QED) is 0.556. The molecule has 3 rings (SSSR count). The fourth-order valence-corrected chi connectivity index (χ4v) is 3.50. The molecule has 0 heterocycles. The van der Waals surface area contributed by atoms with Crippen molar-refractivity contribution in [1.29, 1.82) is 0 Å². The van der Waals surface area contributed by atoms with E-state index in [1.807, 2.05) is 0 Å². The summed E-state index contributed by atoms with van der Waals surface area (Å²) in [7, 11) is 0. The average molecular weight is 366 g/mol. The number of alkyl halides is 1. The van der Waals surface area contributed by atoms with Crippen LogP contribution in [0.5, 0.6) is 0 Å². The minimum absolute atomic E-state index is 0.207. The lowest BCUT2D eigenvalue weighted by Crippen LogP contribution is -2.24. The monoisotopic (exact) mass is 365 g/mol. The molecule has 0 aliphatic rings. The van der Waals surface area contributed by atoms with E-state index in [1.165, 1.54) is 16.7 Å². The first-order valence-electron chi connectivity index (χ1n) is 7.86. The van der Waals surface area contributed by atoms with Crippen molar-refractivity contribution in [1.82, 2.24) is 5.32 Å². The van der Waals surface area contributed by atoms with Gasteiger partial charge in [-0.15, -0.1) is 0 Å². The fraction of sp³-hybridized carbons (Fsp3) is 0.143. The van der Waals surface area contributed by atoms with Gasteiger partial charge in [-0.1, -0.05) is 107 Å². The van der Waals surface area contributed by atoms with Crippen molar-refractivity contribution in [2.75, 3.05) is 0 Å². The zero-order valence-electron chi connectivity index (χ0n) is 12.9. The Morgan fingerprint density at radius 3 is 1.70 bits per heavy atom. The molecule has 0 aliphatic carbocycles. The molecule has 0 saturated carbocycles. The van der Waals surface area contributed by atoms with Crippen LogP contribution in [0.1, 0.15) is 27.6 Å². The Morgan fingerprint density at radius 1 is 0.652 bits per heavy atom. The predicted octanol–water partition coefficient (Wildman–Crippen LogP) is 5.65. The van der Waals surface area contributed by atoms with Crippen LogP contribution in [0.15, 0.2) is 91.0 Å². The number of benzene rings is 3. The lowest BCUT2D eigenvalue weighted by Gasteiger charge is -2.25. The van der Waals surface area contributed by atoms with Gasteiger partial charge in [-0.2, -0.15) is 0 Å². The lowest BCUT2D eigenvalue weighted by atomic mass is 9.98. The first-order chi connectivity index (χ1) is 11.3. The number of rotatable bonds is 6. The van der Waals surface area contributed by atoms with Crippen molar-refractivity contribution in [3.8, 4) is 0 Å². The first-order valence-corrected chi connectivity index (χ1v) is 8.77. The summed E-state index contributed by atoms with van der Waals surface area (Å²) in [4.78, 5) is 0.217. The molecule has 0 fully saturated rings. The van der Waals surface area contributed by atoms with Gasteiger partial charge in [0.15, 0.2) is 0 Å². The van der Waals surface area contributed by atoms with Crippen molar-refractivity contribution < 1.29 is 0 Å². The van der Waals surface area contributed by atoms with Crippen LogP contribution in [-0.2, 0) is 6.54 Å². The van der Waals surface area contributed by atoms with Crippen LogP contribution in [-0.4, -0.2) is 0 Å². The molecular weight excluding hydrogens is 346 g/mol. The van der Waals surface area contributed by atoms with E-state index in [1.54, 1.807) is 0 Å². The van der Waals surface area contributed by atoms with E-state index in [2.05, 4.69) is 112 Å². The van der Waals surface area contributed by atoms with E-state index in [0.29, 0.717) is 0 Å². The molecule has 0 aliphatic heterocycles. The molecule has 0 amide bonds. The second-order valence-electron chi connectivity index (χ2n) is 5.57. The van der Waals surface area contributed by atoms with Gasteiger partial charge in [-0.3, -0.25) is 0 Å². The molecule has 0 unspecified atom stereocenters. The van der Waals surface area contributed by atoms with Gasteiger partial charge >= 0.3 is 0 Å². The molecule has 0 aromatic heterocycles. The lowest BCUT2D eigenvalue weighted by molar-refractivity contribution is 0.527. The van der Waals surface area contributed by atoms with Crippen molar-refractivity contribution in [2.24, 2.45) is 0 Å². The normalized spacial score (nSPS) is 13.4. The third-order valence-electron chi connectivity index (χ3n) is 3.94. The Balaban J connectivity index is 1.82. The molecule has 1 nitrogen and oxygen atoms in total. The van der Waals surface area contributed by atoms with E-state index in [-0.39, 0.29) is 10.9 Å². The molecule has 2 heteroatoms. The van der Waals surface area contributed by atoms with Gasteiger partial charge in [-0.05, 0) is 16.7 Å². The number of nitrogens with one attached hydrogen (secondary N) is 1. The standard InChI is InChI=1S/C21H20BrN/c22-20(18-12-6-2-7-13-18)21(19-14-8-3-9-15-19)23-16-17-10-4-1-5-11-17/h1-15,20-21,23H,16H2/t20-,21-/m1/s1. The largest absolute Gasteiger partial charge is 0.305 e. The SMILES string of the molecule is Br[C@H](c1ccccc1)[C@H](NCc1ccccc1)c1ccccc1. The van der Waals surface area contributed by atoms with Crippen LogP contribution in [0.25, 0.3) is 0 Å². The van der Waals surface area contributed by atoms with E-state index in [4.69, 9.17) is 0 Å². The Labute approximate surface area is 146 Å². The minimum Gasteiger partial charge on any atom is -0.305 e. The summed E-state index contributed by atoms with van der Waals surface area (Å²) in [6.45, 7) is 0.843. The van der Waals surface area contributed by atoms with Crippen LogP contribution >= 0.6 is 15.9 Å². The summed E-state index contributed by atoms with van der Waals surface area (Å²) < 4.78 is 0. The van der Waals surface area contributed by atoms with E-state index < -0.39 is 0 Å². The van der Waals surface area contributed by atoms with Gasteiger partial charge in [0.05, 0.1) is 4.83 Å². The highest BCUT2D eigenvalue weighted by molar-refractivity contribution is 9.09. The molecule has 2 atom stereocenters. The first kappa shape index (κ1) is 16.0. The number of halogens is 1. The molecule has 3 aromatic carbocycles. The maximum absolute atomic E-state index is 3.90. The maximum atomic E-state index is 3.90. The summed E-state index contributed by atoms with van der Waals surface area (Å²) in [6, 6.07) is 31.9. The van der Waals surface area contributed by atoms with E-state index >= 15 is 0 Å². The Morgan fingerprint density at radius 2 is 1.13 bits per heavy atom. The zero-order chi connectivity index (χ0) is 15.9. The van der Waals surface area contributed by atoms with Crippen molar-refractivity contribution >= 4 is 15.9 Å². The second-order valence-corrected chi connectivity index (χ2v) is 6.55. The summed E-state index contributed by atoms with van der Waals surface area (Å²) in [5.41, 5.74) is 3.86. The highest BCUT2D eigenvalue weighted by Gasteiger charge is 2.21. The summed E-state index contributed by atoms with van der Waals surface area (Å²) in [6.07, 6.45) is 0. The number of hydrogen-bond donors (Lipinski definition) is 1. The van der Waals surface area contributed by atoms with Gasteiger partial charge in [0.25, 0.3) is 0 Å². The van der Waals surface area contributed by atoms with Crippen molar-refractivity contribution in [3.05, 3.63) is 108 Å². The Hall–Kier alpha value is -1.90. The predicted molar refractivity (Wildman–Crippen MR) is 101 cm³/mol. The maximum Gasteiger partial charge on any atom is 0.0590 e. The Kier molecular flexibility index (Phi) is 5.62. The molecule has 0 spiro atoms. The van der Waals surface area contributed by atoms with Crippen LogP contribution in [0.2, 0.25) is 0 Å². The highest BCUT2D eigenvalue weighted by atomic mass is 79.9. The molecular formula is C21H20BrN. The van der Waals surface area contributed by atoms with Crippen LogP contribution in [0, 0.1) is 0 Å². The van der Waals surface area contributed by atoms with Gasteiger partial charge in [0, 0.05) is 12.6 Å². The molecule has 1 N–H and O–H groups in total. The van der Waals surface area contributed by atoms with Gasteiger partial charge < -0.3 is 5.32 Å². The van der Waals surface area contributed by atoms with Crippen molar-refractivity contribution in [2.45, 2.75) is 17.4 Å². The smallest absolute Gasteiger partial charge is 0.0590 e. The molecule has 116 valence electrons. The highest BCUT2D eigenvalue weighted by Crippen LogP contribution is 2.36. The molecule has 0 saturated heterocycles. The van der Waals surface area contributed by atoms with E-state index in [0.717, 1.165) is 6.54 Å². The topological polar surface area (TPSA) is 12.0 Å². The summed E-state index contributed by atoms with van der Waals surface area (Å²) in [5.74, 6) is 0. The molecule has 0 radical (unpaired) electrons. The zero-order valence-corrected chi connectivity index (χ0v) is 14.5. The van der Waals surface area contributed by atoms with Gasteiger partial charge in [-0.25, -0.2) is 0 Å². The summed E-state index contributed by atoms with van der Waals surface area (Å²) in [5, 5.41) is 3.70.